The van der Waals surface area contributed by atoms with E-state index in [1.54, 1.807) is 0 Å². The van der Waals surface area contributed by atoms with Crippen LogP contribution in [0.5, 0.6) is 0 Å². The number of ether oxygens (including phenoxy) is 2. The lowest BCUT2D eigenvalue weighted by Gasteiger charge is -2.26. The van der Waals surface area contributed by atoms with Crippen LogP contribution in [0.2, 0.25) is 0 Å². The van der Waals surface area contributed by atoms with Crippen LogP contribution in [-0.4, -0.2) is 18.3 Å². The maximum Gasteiger partial charge on any atom is 0.232 e. The minimum absolute atomic E-state index is 0.558. The predicted molar refractivity (Wildman–Crippen MR) is 98.7 cm³/mol. The number of hydrogen-bond acceptors (Lipinski definition) is 4. The quantitative estimate of drug-likeness (QED) is 0.757. The molecule has 0 aliphatic carbocycles. The van der Waals surface area contributed by atoms with E-state index in [0.717, 1.165) is 20.9 Å². The summed E-state index contributed by atoms with van der Waals surface area (Å²) in [5.41, 5.74) is 3.05. The summed E-state index contributed by atoms with van der Waals surface area (Å²) in [6, 6.07) is 21.9. The van der Waals surface area contributed by atoms with Crippen LogP contribution in [-0.2, 0) is 15.3 Å². The average molecular weight is 352 g/mol. The minimum atomic E-state index is -0.864. The highest BCUT2D eigenvalue weighted by atomic mass is 32.1. The Morgan fingerprint density at radius 1 is 0.920 bits per heavy atom. The second kappa shape index (κ2) is 6.73. The van der Waals surface area contributed by atoms with Crippen LogP contribution in [0.15, 0.2) is 66.7 Å². The monoisotopic (exact) mass is 352 g/mol. The van der Waals surface area contributed by atoms with Gasteiger partial charge in [0.15, 0.2) is 0 Å². The van der Waals surface area contributed by atoms with Gasteiger partial charge >= 0.3 is 0 Å². The van der Waals surface area contributed by atoms with Gasteiger partial charge < -0.3 is 14.6 Å². The lowest BCUT2D eigenvalue weighted by molar-refractivity contribution is -0.127. The third-order valence-electron chi connectivity index (χ3n) is 4.46. The van der Waals surface area contributed by atoms with Gasteiger partial charge in [0.1, 0.15) is 6.10 Å². The van der Waals surface area contributed by atoms with Gasteiger partial charge in [-0.1, -0.05) is 60.2 Å². The van der Waals surface area contributed by atoms with Gasteiger partial charge in [0.2, 0.25) is 5.79 Å². The fraction of sp³-hybridized carbons (Fsp3) is 0.238. The smallest absolute Gasteiger partial charge is 0.232 e. The van der Waals surface area contributed by atoms with Gasteiger partial charge in [-0.05, 0) is 24.6 Å². The number of aryl methyl sites for hydroxylation is 1. The molecular formula is C21H20O3S. The largest absolute Gasteiger partial charge is 0.383 e. The Morgan fingerprint density at radius 2 is 1.60 bits per heavy atom. The summed E-state index contributed by atoms with van der Waals surface area (Å²) < 4.78 is 12.1. The van der Waals surface area contributed by atoms with Crippen LogP contribution in [0.25, 0.3) is 0 Å². The Morgan fingerprint density at radius 3 is 2.28 bits per heavy atom. The first-order chi connectivity index (χ1) is 12.2. The van der Waals surface area contributed by atoms with E-state index in [2.05, 4.69) is 0 Å². The van der Waals surface area contributed by atoms with Crippen LogP contribution >= 0.6 is 11.3 Å². The molecule has 128 valence electrons. The van der Waals surface area contributed by atoms with Crippen molar-refractivity contribution in [2.75, 3.05) is 13.2 Å². The topological polar surface area (TPSA) is 38.7 Å². The molecule has 0 spiro atoms. The van der Waals surface area contributed by atoms with E-state index >= 15 is 0 Å². The molecule has 1 aliphatic heterocycles. The van der Waals surface area contributed by atoms with Gasteiger partial charge in [-0.25, -0.2) is 0 Å². The van der Waals surface area contributed by atoms with Gasteiger partial charge in [-0.15, -0.1) is 11.3 Å². The highest BCUT2D eigenvalue weighted by Gasteiger charge is 2.42. The molecule has 0 amide bonds. The van der Waals surface area contributed by atoms with Gasteiger partial charge in [0.05, 0.1) is 18.1 Å². The molecule has 4 rings (SSSR count). The normalized spacial score (nSPS) is 17.5. The van der Waals surface area contributed by atoms with Crippen LogP contribution in [0.1, 0.15) is 32.5 Å². The second-order valence-corrected chi connectivity index (χ2v) is 7.31. The zero-order valence-electron chi connectivity index (χ0n) is 14.0. The standard InChI is InChI=1S/C21H20O3S/c1-15-7-9-16(10-8-15)20(22)18-11-12-19(25-18)21(23-13-14-24-21)17-5-3-2-4-6-17/h2-12,20,22H,13-14H2,1H3. The summed E-state index contributed by atoms with van der Waals surface area (Å²) in [5.74, 6) is -0.864. The highest BCUT2D eigenvalue weighted by Crippen LogP contribution is 2.43. The summed E-state index contributed by atoms with van der Waals surface area (Å²) in [6.07, 6.45) is -0.645. The third kappa shape index (κ3) is 3.02. The van der Waals surface area contributed by atoms with Gasteiger partial charge in [-0.3, -0.25) is 0 Å². The van der Waals surface area contributed by atoms with Crippen molar-refractivity contribution in [3.8, 4) is 0 Å². The van der Waals surface area contributed by atoms with Crippen LogP contribution in [0.4, 0.5) is 0 Å². The molecule has 0 bridgehead atoms. The molecule has 0 saturated carbocycles. The predicted octanol–water partition coefficient (Wildman–Crippen LogP) is 4.39. The fourth-order valence-electron chi connectivity index (χ4n) is 3.11. The van der Waals surface area contributed by atoms with E-state index < -0.39 is 11.9 Å². The molecule has 0 radical (unpaired) electrons. The SMILES string of the molecule is Cc1ccc(C(O)c2ccc(C3(c4ccccc4)OCCO3)s2)cc1. The first-order valence-corrected chi connectivity index (χ1v) is 9.19. The zero-order chi connectivity index (χ0) is 17.3. The fourth-order valence-corrected chi connectivity index (χ4v) is 4.25. The lowest BCUT2D eigenvalue weighted by Crippen LogP contribution is -2.27. The Balaban J connectivity index is 1.69. The summed E-state index contributed by atoms with van der Waals surface area (Å²) >= 11 is 1.53. The lowest BCUT2D eigenvalue weighted by atomic mass is 10.0. The number of aliphatic hydroxyl groups excluding tert-OH is 1. The number of benzene rings is 2. The molecule has 2 aromatic carbocycles. The molecule has 25 heavy (non-hydrogen) atoms. The molecule has 3 aromatic rings. The van der Waals surface area contributed by atoms with E-state index in [-0.39, 0.29) is 0 Å². The average Bonchev–Trinajstić information content (AvgIpc) is 3.33. The number of rotatable bonds is 4. The van der Waals surface area contributed by atoms with Crippen molar-refractivity contribution < 1.29 is 14.6 Å². The third-order valence-corrected chi connectivity index (χ3v) is 5.68. The summed E-state index contributed by atoms with van der Waals surface area (Å²) in [7, 11) is 0. The maximum absolute atomic E-state index is 10.7. The second-order valence-electron chi connectivity index (χ2n) is 6.19. The molecule has 4 heteroatoms. The van der Waals surface area contributed by atoms with E-state index in [4.69, 9.17) is 9.47 Å². The molecule has 1 saturated heterocycles. The van der Waals surface area contributed by atoms with Gasteiger partial charge in [0, 0.05) is 10.4 Å². The molecule has 2 heterocycles. The summed E-state index contributed by atoms with van der Waals surface area (Å²) in [6.45, 7) is 3.16. The Kier molecular flexibility index (Phi) is 4.44. The van der Waals surface area contributed by atoms with E-state index in [1.165, 1.54) is 16.9 Å². The zero-order valence-corrected chi connectivity index (χ0v) is 14.8. The Labute approximate surface area is 151 Å². The molecule has 3 nitrogen and oxygen atoms in total. The van der Waals surface area contributed by atoms with E-state index in [1.807, 2.05) is 73.7 Å². The van der Waals surface area contributed by atoms with Crippen LogP contribution in [0.3, 0.4) is 0 Å². The maximum atomic E-state index is 10.7. The van der Waals surface area contributed by atoms with E-state index in [9.17, 15) is 5.11 Å². The Bertz CT molecular complexity index is 833. The minimum Gasteiger partial charge on any atom is -0.383 e. The first kappa shape index (κ1) is 16.5. The van der Waals surface area contributed by atoms with E-state index in [0.29, 0.717) is 13.2 Å². The van der Waals surface area contributed by atoms with Crippen molar-refractivity contribution in [2.45, 2.75) is 18.8 Å². The molecule has 1 N–H and O–H groups in total. The number of thiophene rings is 1. The Hall–Kier alpha value is -1.98. The number of hydrogen-bond donors (Lipinski definition) is 1. The van der Waals surface area contributed by atoms with Crippen molar-refractivity contribution in [3.63, 3.8) is 0 Å². The van der Waals surface area contributed by atoms with Crippen molar-refractivity contribution in [1.82, 2.24) is 0 Å². The first-order valence-electron chi connectivity index (χ1n) is 8.37. The number of aliphatic hydroxyl groups is 1. The van der Waals surface area contributed by atoms with Crippen molar-refractivity contribution >= 4 is 11.3 Å². The van der Waals surface area contributed by atoms with Crippen molar-refractivity contribution in [3.05, 3.63) is 93.2 Å². The van der Waals surface area contributed by atoms with Crippen LogP contribution in [0, 0.1) is 6.92 Å². The molecule has 1 aromatic heterocycles. The molecule has 1 fully saturated rings. The molecule has 1 atom stereocenters. The van der Waals surface area contributed by atoms with Gasteiger partial charge in [-0.2, -0.15) is 0 Å². The molecule has 1 aliphatic rings. The molecule has 1 unspecified atom stereocenters. The van der Waals surface area contributed by atoms with Crippen molar-refractivity contribution in [2.24, 2.45) is 0 Å². The summed E-state index contributed by atoms with van der Waals surface area (Å²) in [4.78, 5) is 1.84. The van der Waals surface area contributed by atoms with Crippen LogP contribution < -0.4 is 0 Å². The summed E-state index contributed by atoms with van der Waals surface area (Å²) in [5, 5.41) is 10.7. The van der Waals surface area contributed by atoms with Gasteiger partial charge in [0.25, 0.3) is 0 Å². The molecular weight excluding hydrogens is 332 g/mol. The highest BCUT2D eigenvalue weighted by molar-refractivity contribution is 7.12. The van der Waals surface area contributed by atoms with Crippen molar-refractivity contribution in [1.29, 1.82) is 0 Å².